The summed E-state index contributed by atoms with van der Waals surface area (Å²) in [7, 11) is 1.77. The molecule has 2 heterocycles. The molecule has 0 bridgehead atoms. The first-order valence-corrected chi connectivity index (χ1v) is 8.00. The van der Waals surface area contributed by atoms with Crippen molar-refractivity contribution >= 4 is 11.7 Å². The van der Waals surface area contributed by atoms with E-state index >= 15 is 0 Å². The van der Waals surface area contributed by atoms with Gasteiger partial charge >= 0.3 is 5.97 Å². The lowest BCUT2D eigenvalue weighted by Gasteiger charge is -2.27. The summed E-state index contributed by atoms with van der Waals surface area (Å²) in [5.74, 6) is 0.317. The van der Waals surface area contributed by atoms with Crippen LogP contribution in [0.1, 0.15) is 22.3 Å². The summed E-state index contributed by atoms with van der Waals surface area (Å²) in [4.78, 5) is 16.4. The number of ether oxygens (including phenoxy) is 2. The zero-order chi connectivity index (χ0) is 16.8. The first-order valence-electron chi connectivity index (χ1n) is 8.00. The van der Waals surface area contributed by atoms with Crippen molar-refractivity contribution in [3.8, 4) is 5.75 Å². The van der Waals surface area contributed by atoms with Gasteiger partial charge in [-0.3, -0.25) is 4.98 Å². The Morgan fingerprint density at radius 1 is 1.38 bits per heavy atom. The van der Waals surface area contributed by atoms with Crippen molar-refractivity contribution in [1.82, 2.24) is 10.3 Å². The first kappa shape index (κ1) is 16.3. The van der Waals surface area contributed by atoms with E-state index in [9.17, 15) is 4.79 Å². The molecule has 3 rings (SSSR count). The lowest BCUT2D eigenvalue weighted by atomic mass is 10.1. The summed E-state index contributed by atoms with van der Waals surface area (Å²) in [6.07, 6.45) is 4.47. The van der Waals surface area contributed by atoms with Crippen LogP contribution in [-0.2, 0) is 11.3 Å². The maximum atomic E-state index is 12.2. The van der Waals surface area contributed by atoms with Crippen molar-refractivity contribution in [2.75, 3.05) is 25.5 Å². The number of aromatic nitrogens is 1. The summed E-state index contributed by atoms with van der Waals surface area (Å²) < 4.78 is 11.1. The van der Waals surface area contributed by atoms with Gasteiger partial charge in [0.25, 0.3) is 0 Å². The number of carbonyl (C=O) groups is 1. The minimum atomic E-state index is -0.370. The topological polar surface area (TPSA) is 72.5 Å². The largest absolute Gasteiger partial charge is 0.490 e. The Hall–Kier alpha value is -2.60. The SMILES string of the molecule is CNc1ccccc1C(=O)OCc1cncc(OCC2CCN2)c1. The number of anilines is 1. The molecule has 126 valence electrons. The predicted molar refractivity (Wildman–Crippen MR) is 91.2 cm³/mol. The molecule has 1 aromatic carbocycles. The third-order valence-corrected chi connectivity index (χ3v) is 3.93. The molecular weight excluding hydrogens is 306 g/mol. The zero-order valence-electron chi connectivity index (χ0n) is 13.6. The molecule has 1 aliphatic heterocycles. The second-order valence-electron chi connectivity index (χ2n) is 5.65. The predicted octanol–water partition coefficient (Wildman–Crippen LogP) is 2.22. The number of hydrogen-bond acceptors (Lipinski definition) is 6. The summed E-state index contributed by atoms with van der Waals surface area (Å²) >= 11 is 0. The van der Waals surface area contributed by atoms with Crippen molar-refractivity contribution in [2.24, 2.45) is 0 Å². The first-order chi connectivity index (χ1) is 11.8. The Bertz CT molecular complexity index is 701. The van der Waals surface area contributed by atoms with Crippen LogP contribution in [0.3, 0.4) is 0 Å². The lowest BCUT2D eigenvalue weighted by Crippen LogP contribution is -2.46. The molecule has 6 heteroatoms. The average Bonchev–Trinajstić information content (AvgIpc) is 2.58. The van der Waals surface area contributed by atoms with Crippen molar-refractivity contribution in [2.45, 2.75) is 19.1 Å². The highest BCUT2D eigenvalue weighted by molar-refractivity contribution is 5.95. The van der Waals surface area contributed by atoms with Gasteiger partial charge < -0.3 is 20.1 Å². The Labute approximate surface area is 141 Å². The van der Waals surface area contributed by atoms with Gasteiger partial charge in [-0.15, -0.1) is 0 Å². The van der Waals surface area contributed by atoms with Crippen LogP contribution in [0.25, 0.3) is 0 Å². The van der Waals surface area contributed by atoms with Crippen LogP contribution in [0.2, 0.25) is 0 Å². The second-order valence-corrected chi connectivity index (χ2v) is 5.65. The van der Waals surface area contributed by atoms with Crippen LogP contribution in [-0.4, -0.2) is 37.2 Å². The van der Waals surface area contributed by atoms with Gasteiger partial charge in [0, 0.05) is 30.5 Å². The van der Waals surface area contributed by atoms with Crippen LogP contribution in [0, 0.1) is 0 Å². The summed E-state index contributed by atoms with van der Waals surface area (Å²) in [6.45, 7) is 1.83. The summed E-state index contributed by atoms with van der Waals surface area (Å²) in [5.41, 5.74) is 2.05. The fraction of sp³-hybridized carbons (Fsp3) is 0.333. The molecule has 1 atom stereocenters. The van der Waals surface area contributed by atoms with Crippen LogP contribution >= 0.6 is 0 Å². The number of rotatable bonds is 7. The molecule has 1 aliphatic rings. The maximum Gasteiger partial charge on any atom is 0.340 e. The number of carbonyl (C=O) groups excluding carboxylic acids is 1. The minimum Gasteiger partial charge on any atom is -0.490 e. The monoisotopic (exact) mass is 327 g/mol. The molecule has 1 aromatic heterocycles. The van der Waals surface area contributed by atoms with Gasteiger partial charge in [0.15, 0.2) is 0 Å². The fourth-order valence-electron chi connectivity index (χ4n) is 2.41. The molecule has 6 nitrogen and oxygen atoms in total. The molecule has 24 heavy (non-hydrogen) atoms. The minimum absolute atomic E-state index is 0.156. The van der Waals surface area contributed by atoms with Gasteiger partial charge in [0.2, 0.25) is 0 Å². The van der Waals surface area contributed by atoms with Gasteiger partial charge in [-0.25, -0.2) is 4.79 Å². The number of benzene rings is 1. The lowest BCUT2D eigenvalue weighted by molar-refractivity contribution is 0.0473. The number of pyridine rings is 1. The van der Waals surface area contributed by atoms with E-state index in [1.807, 2.05) is 24.3 Å². The highest BCUT2D eigenvalue weighted by atomic mass is 16.5. The molecule has 0 aliphatic carbocycles. The average molecular weight is 327 g/mol. The number of hydrogen-bond donors (Lipinski definition) is 2. The molecule has 2 aromatic rings. The molecule has 0 spiro atoms. The number of nitrogens with zero attached hydrogens (tertiary/aromatic N) is 1. The normalized spacial score (nSPS) is 16.1. The van der Waals surface area contributed by atoms with Gasteiger partial charge in [0.1, 0.15) is 19.0 Å². The van der Waals surface area contributed by atoms with Gasteiger partial charge in [0.05, 0.1) is 11.8 Å². The molecule has 2 N–H and O–H groups in total. The van der Waals surface area contributed by atoms with E-state index in [1.54, 1.807) is 25.5 Å². The smallest absolute Gasteiger partial charge is 0.340 e. The molecule has 1 fully saturated rings. The summed E-state index contributed by atoms with van der Waals surface area (Å²) in [6, 6.07) is 9.51. The quantitative estimate of drug-likeness (QED) is 0.760. The van der Waals surface area contributed by atoms with Crippen LogP contribution in [0.15, 0.2) is 42.7 Å². The Morgan fingerprint density at radius 2 is 2.21 bits per heavy atom. The molecule has 1 saturated heterocycles. The highest BCUT2D eigenvalue weighted by Crippen LogP contribution is 2.17. The van der Waals surface area contributed by atoms with Crippen molar-refractivity contribution in [3.05, 3.63) is 53.9 Å². The Kier molecular flexibility index (Phi) is 5.28. The third kappa shape index (κ3) is 4.02. The number of nitrogens with one attached hydrogen (secondary N) is 2. The van der Waals surface area contributed by atoms with E-state index in [0.29, 0.717) is 24.0 Å². The number of para-hydroxylation sites is 1. The van der Waals surface area contributed by atoms with E-state index in [1.165, 1.54) is 0 Å². The van der Waals surface area contributed by atoms with E-state index < -0.39 is 0 Å². The Balaban J connectivity index is 1.56. The van der Waals surface area contributed by atoms with Gasteiger partial charge in [-0.1, -0.05) is 12.1 Å². The Morgan fingerprint density at radius 3 is 2.96 bits per heavy atom. The molecular formula is C18H21N3O3. The van der Waals surface area contributed by atoms with E-state index in [0.717, 1.165) is 24.2 Å². The maximum absolute atomic E-state index is 12.2. The van der Waals surface area contributed by atoms with Crippen LogP contribution in [0.5, 0.6) is 5.75 Å². The molecule has 0 radical (unpaired) electrons. The summed E-state index contributed by atoms with van der Waals surface area (Å²) in [5, 5.41) is 6.26. The molecule has 0 amide bonds. The van der Waals surface area contributed by atoms with E-state index in [-0.39, 0.29) is 12.6 Å². The van der Waals surface area contributed by atoms with Gasteiger partial charge in [-0.2, -0.15) is 0 Å². The molecule has 0 saturated carbocycles. The van der Waals surface area contributed by atoms with Crippen molar-refractivity contribution < 1.29 is 14.3 Å². The third-order valence-electron chi connectivity index (χ3n) is 3.93. The van der Waals surface area contributed by atoms with E-state index in [2.05, 4.69) is 15.6 Å². The van der Waals surface area contributed by atoms with Crippen molar-refractivity contribution in [3.63, 3.8) is 0 Å². The zero-order valence-corrected chi connectivity index (χ0v) is 13.6. The standard InChI is InChI=1S/C18H21N3O3/c1-19-17-5-3-2-4-16(17)18(22)24-11-13-8-15(10-20-9-13)23-12-14-6-7-21-14/h2-5,8-10,14,19,21H,6-7,11-12H2,1H3. The highest BCUT2D eigenvalue weighted by Gasteiger charge is 2.17. The fourth-order valence-corrected chi connectivity index (χ4v) is 2.41. The van der Waals surface area contributed by atoms with Gasteiger partial charge in [-0.05, 0) is 31.2 Å². The second kappa shape index (κ2) is 7.79. The van der Waals surface area contributed by atoms with Crippen molar-refractivity contribution in [1.29, 1.82) is 0 Å². The van der Waals surface area contributed by atoms with Crippen LogP contribution < -0.4 is 15.4 Å². The number of esters is 1. The van der Waals surface area contributed by atoms with E-state index in [4.69, 9.17) is 9.47 Å². The van der Waals surface area contributed by atoms with Crippen LogP contribution in [0.4, 0.5) is 5.69 Å². The molecule has 1 unspecified atom stereocenters.